The highest BCUT2D eigenvalue weighted by molar-refractivity contribution is 7.91. The molecule has 5 nitrogen and oxygen atoms in total. The Labute approximate surface area is 152 Å². The molecule has 1 aliphatic heterocycles. The zero-order valence-electron chi connectivity index (χ0n) is 14.5. The molecule has 26 heavy (non-hydrogen) atoms. The number of nitrogens with zero attached hydrogens (tertiary/aromatic N) is 1. The van der Waals surface area contributed by atoms with Gasteiger partial charge >= 0.3 is 0 Å². The summed E-state index contributed by atoms with van der Waals surface area (Å²) in [7, 11) is -3.74. The molecule has 0 bridgehead atoms. The van der Waals surface area contributed by atoms with Crippen LogP contribution in [-0.2, 0) is 33.5 Å². The molecule has 0 saturated heterocycles. The summed E-state index contributed by atoms with van der Waals surface area (Å²) in [5, 5.41) is 0. The van der Waals surface area contributed by atoms with Crippen LogP contribution in [0.1, 0.15) is 30.0 Å². The maximum atomic E-state index is 13.7. The minimum Gasteiger partial charge on any atom is -0.338 e. The second kappa shape index (κ2) is 7.45. The van der Waals surface area contributed by atoms with Gasteiger partial charge in [0.05, 0.1) is 5.75 Å². The Morgan fingerprint density at radius 3 is 2.69 bits per heavy atom. The maximum absolute atomic E-state index is 13.7. The van der Waals surface area contributed by atoms with E-state index in [1.165, 1.54) is 18.2 Å². The van der Waals surface area contributed by atoms with E-state index in [1.54, 1.807) is 23.1 Å². The van der Waals surface area contributed by atoms with E-state index >= 15 is 0 Å². The third-order valence-electron chi connectivity index (χ3n) is 4.45. The van der Waals surface area contributed by atoms with Gasteiger partial charge in [0, 0.05) is 30.8 Å². The van der Waals surface area contributed by atoms with Crippen molar-refractivity contribution >= 4 is 21.6 Å². The first-order valence-corrected chi connectivity index (χ1v) is 10.2. The highest BCUT2D eigenvalue weighted by Crippen LogP contribution is 2.24. The van der Waals surface area contributed by atoms with Gasteiger partial charge in [0.2, 0.25) is 15.9 Å². The number of halogens is 1. The van der Waals surface area contributed by atoms with E-state index in [2.05, 4.69) is 4.72 Å². The number of benzene rings is 2. The van der Waals surface area contributed by atoms with Gasteiger partial charge in [0.25, 0.3) is 0 Å². The van der Waals surface area contributed by atoms with Gasteiger partial charge in [-0.25, -0.2) is 12.8 Å². The SMILES string of the molecule is CCC(=O)N1CCc2ccc(NS(=O)(=O)Cc3ccccc3F)cc2C1. The monoisotopic (exact) mass is 376 g/mol. The first-order chi connectivity index (χ1) is 12.4. The largest absolute Gasteiger partial charge is 0.338 e. The van der Waals surface area contributed by atoms with Crippen LogP contribution in [-0.4, -0.2) is 25.8 Å². The van der Waals surface area contributed by atoms with Crippen LogP contribution < -0.4 is 4.72 Å². The Hall–Kier alpha value is -2.41. The van der Waals surface area contributed by atoms with Crippen LogP contribution >= 0.6 is 0 Å². The lowest BCUT2D eigenvalue weighted by atomic mass is 9.99. The number of sulfonamides is 1. The van der Waals surface area contributed by atoms with E-state index < -0.39 is 21.6 Å². The number of amides is 1. The predicted octanol–water partition coefficient (Wildman–Crippen LogP) is 3.06. The van der Waals surface area contributed by atoms with Crippen LogP contribution in [0.3, 0.4) is 0 Å². The summed E-state index contributed by atoms with van der Waals surface area (Å²) in [5.41, 5.74) is 2.59. The molecule has 0 fully saturated rings. The van der Waals surface area contributed by atoms with Crippen molar-refractivity contribution in [2.75, 3.05) is 11.3 Å². The van der Waals surface area contributed by atoms with Crippen molar-refractivity contribution in [1.29, 1.82) is 0 Å². The summed E-state index contributed by atoms with van der Waals surface area (Å²) < 4.78 is 40.9. The Morgan fingerprint density at radius 2 is 1.96 bits per heavy atom. The van der Waals surface area contributed by atoms with Crippen molar-refractivity contribution in [3.8, 4) is 0 Å². The number of nitrogens with one attached hydrogen (secondary N) is 1. The molecule has 2 aromatic rings. The smallest absolute Gasteiger partial charge is 0.237 e. The molecule has 1 N–H and O–H groups in total. The van der Waals surface area contributed by atoms with Gasteiger partial charge in [0.1, 0.15) is 5.82 Å². The van der Waals surface area contributed by atoms with Crippen molar-refractivity contribution in [3.63, 3.8) is 0 Å². The lowest BCUT2D eigenvalue weighted by Crippen LogP contribution is -2.35. The third-order valence-corrected chi connectivity index (χ3v) is 5.69. The van der Waals surface area contributed by atoms with Gasteiger partial charge in [-0.1, -0.05) is 31.2 Å². The summed E-state index contributed by atoms with van der Waals surface area (Å²) in [6.07, 6.45) is 1.20. The molecule has 0 spiro atoms. The molecule has 7 heteroatoms. The van der Waals surface area contributed by atoms with Gasteiger partial charge in [-0.3, -0.25) is 9.52 Å². The highest BCUT2D eigenvalue weighted by Gasteiger charge is 2.21. The van der Waals surface area contributed by atoms with Gasteiger partial charge in [-0.05, 0) is 35.7 Å². The first-order valence-electron chi connectivity index (χ1n) is 8.51. The second-order valence-corrected chi connectivity index (χ2v) is 8.08. The minimum absolute atomic E-state index is 0.0844. The van der Waals surface area contributed by atoms with Crippen molar-refractivity contribution < 1.29 is 17.6 Å². The number of carbonyl (C=O) groups excluding carboxylic acids is 1. The summed E-state index contributed by atoms with van der Waals surface area (Å²) in [5.74, 6) is -0.893. The molecule has 0 unspecified atom stereocenters. The van der Waals surface area contributed by atoms with Crippen LogP contribution in [0.2, 0.25) is 0 Å². The van der Waals surface area contributed by atoms with E-state index in [9.17, 15) is 17.6 Å². The summed E-state index contributed by atoms with van der Waals surface area (Å²) >= 11 is 0. The zero-order chi connectivity index (χ0) is 18.7. The van der Waals surface area contributed by atoms with Crippen LogP contribution in [0.25, 0.3) is 0 Å². The molecule has 1 heterocycles. The predicted molar refractivity (Wildman–Crippen MR) is 98.5 cm³/mol. The van der Waals surface area contributed by atoms with E-state index in [0.717, 1.165) is 17.5 Å². The number of hydrogen-bond acceptors (Lipinski definition) is 3. The third kappa shape index (κ3) is 4.22. The summed E-state index contributed by atoms with van der Waals surface area (Å²) in [6, 6.07) is 11.2. The molecule has 1 amide bonds. The number of fused-ring (bicyclic) bond motifs is 1. The van der Waals surface area contributed by atoms with E-state index in [1.807, 2.05) is 13.0 Å². The van der Waals surface area contributed by atoms with E-state index in [4.69, 9.17) is 0 Å². The van der Waals surface area contributed by atoms with Crippen LogP contribution in [0.5, 0.6) is 0 Å². The lowest BCUT2D eigenvalue weighted by Gasteiger charge is -2.29. The van der Waals surface area contributed by atoms with Crippen molar-refractivity contribution in [1.82, 2.24) is 4.90 Å². The second-order valence-electron chi connectivity index (χ2n) is 6.35. The summed E-state index contributed by atoms with van der Waals surface area (Å²) in [4.78, 5) is 13.7. The zero-order valence-corrected chi connectivity index (χ0v) is 15.4. The van der Waals surface area contributed by atoms with Crippen LogP contribution in [0.15, 0.2) is 42.5 Å². The van der Waals surface area contributed by atoms with Crippen molar-refractivity contribution in [2.45, 2.75) is 32.1 Å². The fourth-order valence-corrected chi connectivity index (χ4v) is 4.29. The number of rotatable bonds is 5. The Balaban J connectivity index is 1.76. The fourth-order valence-electron chi connectivity index (χ4n) is 3.09. The van der Waals surface area contributed by atoms with Crippen molar-refractivity contribution in [2.24, 2.45) is 0 Å². The molecule has 2 aromatic carbocycles. The molecule has 0 radical (unpaired) electrons. The van der Waals surface area contributed by atoms with Crippen LogP contribution in [0.4, 0.5) is 10.1 Å². The average Bonchev–Trinajstić information content (AvgIpc) is 2.62. The number of hydrogen-bond donors (Lipinski definition) is 1. The van der Waals surface area contributed by atoms with Gasteiger partial charge in [-0.15, -0.1) is 0 Å². The molecular weight excluding hydrogens is 355 g/mol. The Kier molecular flexibility index (Phi) is 5.27. The van der Waals surface area contributed by atoms with Gasteiger partial charge < -0.3 is 4.90 Å². The van der Waals surface area contributed by atoms with Crippen molar-refractivity contribution in [3.05, 3.63) is 65.0 Å². The molecule has 0 aliphatic carbocycles. The van der Waals surface area contributed by atoms with Gasteiger partial charge in [-0.2, -0.15) is 0 Å². The fraction of sp³-hybridized carbons (Fsp3) is 0.316. The minimum atomic E-state index is -3.74. The molecule has 0 aromatic heterocycles. The molecule has 1 aliphatic rings. The molecular formula is C19H21FN2O3S. The van der Waals surface area contributed by atoms with Crippen LogP contribution in [0, 0.1) is 5.82 Å². The first kappa shape index (κ1) is 18.4. The summed E-state index contributed by atoms with van der Waals surface area (Å²) in [6.45, 7) is 2.98. The Morgan fingerprint density at radius 1 is 1.19 bits per heavy atom. The van der Waals surface area contributed by atoms with E-state index in [-0.39, 0.29) is 11.5 Å². The Bertz CT molecular complexity index is 928. The average molecular weight is 376 g/mol. The highest BCUT2D eigenvalue weighted by atomic mass is 32.2. The van der Waals surface area contributed by atoms with Gasteiger partial charge in [0.15, 0.2) is 0 Å². The molecule has 3 rings (SSSR count). The molecule has 138 valence electrons. The maximum Gasteiger partial charge on any atom is 0.237 e. The molecule has 0 saturated carbocycles. The topological polar surface area (TPSA) is 66.5 Å². The lowest BCUT2D eigenvalue weighted by molar-refractivity contribution is -0.131. The van der Waals surface area contributed by atoms with E-state index in [0.29, 0.717) is 25.2 Å². The normalized spacial score (nSPS) is 14.0. The number of carbonyl (C=O) groups is 1. The number of anilines is 1. The quantitative estimate of drug-likeness (QED) is 0.872. The molecule has 0 atom stereocenters. The standard InChI is InChI=1S/C19H21FN2O3S/c1-2-19(23)22-10-9-14-7-8-17(11-16(14)12-22)21-26(24,25)13-15-5-3-4-6-18(15)20/h3-8,11,21H,2,9-10,12-13H2,1H3.